The molecule has 5 heteroatoms. The summed E-state index contributed by atoms with van der Waals surface area (Å²) in [6.45, 7) is 0. The lowest BCUT2D eigenvalue weighted by Crippen LogP contribution is -2.16. The number of halogens is 2. The lowest BCUT2D eigenvalue weighted by atomic mass is 10.3. The zero-order chi connectivity index (χ0) is 8.43. The van der Waals surface area contributed by atoms with Crippen molar-refractivity contribution < 1.29 is 8.78 Å². The number of nitrogens with zero attached hydrogens (tertiary/aromatic N) is 1. The van der Waals surface area contributed by atoms with Crippen LogP contribution in [0.5, 0.6) is 0 Å². The number of nitrogens with two attached hydrogens (primary N) is 1. The molecule has 0 aliphatic heterocycles. The minimum absolute atomic E-state index is 0.454. The summed E-state index contributed by atoms with van der Waals surface area (Å²) < 4.78 is 25.0. The van der Waals surface area contributed by atoms with Crippen molar-refractivity contribution in [3.63, 3.8) is 0 Å². The van der Waals surface area contributed by atoms with Gasteiger partial charge in [0.15, 0.2) is 11.6 Å². The van der Waals surface area contributed by atoms with E-state index in [0.717, 1.165) is 12.3 Å². The third kappa shape index (κ3) is 1.31. The van der Waals surface area contributed by atoms with Gasteiger partial charge >= 0.3 is 0 Å². The molecule has 1 aromatic heterocycles. The molecular formula is C6H5F2N3. The van der Waals surface area contributed by atoms with Crippen molar-refractivity contribution in [3.05, 3.63) is 29.6 Å². The van der Waals surface area contributed by atoms with Crippen LogP contribution in [0.1, 0.15) is 5.69 Å². The number of rotatable bonds is 1. The van der Waals surface area contributed by atoms with Gasteiger partial charge in [-0.2, -0.15) is 0 Å². The molecule has 0 atom stereocenters. The Morgan fingerprint density at radius 3 is 2.64 bits per heavy atom. The molecule has 11 heavy (non-hydrogen) atoms. The summed E-state index contributed by atoms with van der Waals surface area (Å²) in [5.74, 6) is -2.81. The van der Waals surface area contributed by atoms with Crippen LogP contribution in [-0.2, 0) is 0 Å². The summed E-state index contributed by atoms with van der Waals surface area (Å²) in [6.07, 6.45) is 1.05. The number of nitrogens with one attached hydrogen (secondary N) is 1. The first-order valence-corrected chi connectivity index (χ1v) is 2.77. The molecule has 0 fully saturated rings. The SMILES string of the molecule is N=C(N)c1nccc(F)c1F. The van der Waals surface area contributed by atoms with E-state index in [1.54, 1.807) is 0 Å². The molecule has 0 aliphatic rings. The lowest BCUT2D eigenvalue weighted by Gasteiger charge is -1.98. The lowest BCUT2D eigenvalue weighted by molar-refractivity contribution is 0.501. The van der Waals surface area contributed by atoms with E-state index in [1.165, 1.54) is 0 Å². The third-order valence-corrected chi connectivity index (χ3v) is 1.10. The van der Waals surface area contributed by atoms with Gasteiger partial charge in [0, 0.05) is 6.20 Å². The number of nitrogen functional groups attached to an aromatic ring is 1. The fourth-order valence-corrected chi connectivity index (χ4v) is 0.608. The average molecular weight is 157 g/mol. The second-order valence-electron chi connectivity index (χ2n) is 1.87. The second-order valence-corrected chi connectivity index (χ2v) is 1.87. The van der Waals surface area contributed by atoms with Gasteiger partial charge in [0.2, 0.25) is 0 Å². The summed E-state index contributed by atoms with van der Waals surface area (Å²) in [7, 11) is 0. The van der Waals surface area contributed by atoms with Gasteiger partial charge in [-0.05, 0) is 6.07 Å². The molecule has 3 N–H and O–H groups in total. The van der Waals surface area contributed by atoms with Gasteiger partial charge < -0.3 is 5.73 Å². The molecule has 0 aliphatic carbocycles. The van der Waals surface area contributed by atoms with Crippen molar-refractivity contribution in [1.29, 1.82) is 5.41 Å². The first-order valence-electron chi connectivity index (χ1n) is 2.77. The van der Waals surface area contributed by atoms with Gasteiger partial charge in [-0.25, -0.2) is 13.8 Å². The van der Waals surface area contributed by atoms with Crippen LogP contribution >= 0.6 is 0 Å². The zero-order valence-corrected chi connectivity index (χ0v) is 5.44. The minimum atomic E-state index is -1.18. The van der Waals surface area contributed by atoms with Crippen LogP contribution in [0, 0.1) is 17.0 Å². The van der Waals surface area contributed by atoms with Crippen LogP contribution in [0.25, 0.3) is 0 Å². The number of hydrogen-bond acceptors (Lipinski definition) is 2. The summed E-state index contributed by atoms with van der Waals surface area (Å²) >= 11 is 0. The van der Waals surface area contributed by atoms with Crippen molar-refractivity contribution in [2.75, 3.05) is 0 Å². The van der Waals surface area contributed by atoms with E-state index < -0.39 is 23.2 Å². The largest absolute Gasteiger partial charge is 0.382 e. The van der Waals surface area contributed by atoms with Crippen molar-refractivity contribution in [1.82, 2.24) is 4.98 Å². The molecule has 0 amide bonds. The molecule has 0 unspecified atom stereocenters. The first kappa shape index (κ1) is 7.59. The second kappa shape index (κ2) is 2.61. The van der Waals surface area contributed by atoms with E-state index in [2.05, 4.69) is 4.98 Å². The molecule has 3 nitrogen and oxygen atoms in total. The molecule has 1 heterocycles. The van der Waals surface area contributed by atoms with Crippen LogP contribution in [-0.4, -0.2) is 10.8 Å². The van der Waals surface area contributed by atoms with E-state index in [4.69, 9.17) is 11.1 Å². The highest BCUT2D eigenvalue weighted by atomic mass is 19.2. The van der Waals surface area contributed by atoms with E-state index in [0.29, 0.717) is 0 Å². The minimum Gasteiger partial charge on any atom is -0.382 e. The van der Waals surface area contributed by atoms with Crippen molar-refractivity contribution in [2.45, 2.75) is 0 Å². The Bertz CT molecular complexity index is 298. The van der Waals surface area contributed by atoms with Crippen LogP contribution in [0.3, 0.4) is 0 Å². The molecule has 0 spiro atoms. The molecule has 58 valence electrons. The highest BCUT2D eigenvalue weighted by Crippen LogP contribution is 2.06. The highest BCUT2D eigenvalue weighted by molar-refractivity contribution is 5.93. The number of pyridine rings is 1. The van der Waals surface area contributed by atoms with Crippen molar-refractivity contribution >= 4 is 5.84 Å². The van der Waals surface area contributed by atoms with E-state index >= 15 is 0 Å². The fourth-order valence-electron chi connectivity index (χ4n) is 0.608. The Labute approximate surface area is 61.4 Å². The van der Waals surface area contributed by atoms with E-state index in [-0.39, 0.29) is 0 Å². The highest BCUT2D eigenvalue weighted by Gasteiger charge is 2.10. The van der Waals surface area contributed by atoms with E-state index in [9.17, 15) is 8.78 Å². The van der Waals surface area contributed by atoms with Gasteiger partial charge in [0.05, 0.1) is 0 Å². The predicted molar refractivity (Wildman–Crippen MR) is 35.2 cm³/mol. The van der Waals surface area contributed by atoms with Gasteiger partial charge in [0.1, 0.15) is 11.5 Å². The number of amidine groups is 1. The summed E-state index contributed by atoms with van der Waals surface area (Å²) in [5.41, 5.74) is 4.44. The molecule has 1 rings (SSSR count). The Morgan fingerprint density at radius 1 is 1.55 bits per heavy atom. The monoisotopic (exact) mass is 157 g/mol. The van der Waals surface area contributed by atoms with Crippen LogP contribution in [0.2, 0.25) is 0 Å². The third-order valence-electron chi connectivity index (χ3n) is 1.10. The quantitative estimate of drug-likeness (QED) is 0.464. The molecular weight excluding hydrogens is 152 g/mol. The van der Waals surface area contributed by atoms with Crippen LogP contribution < -0.4 is 5.73 Å². The summed E-state index contributed by atoms with van der Waals surface area (Å²) in [4.78, 5) is 3.37. The maximum Gasteiger partial charge on any atom is 0.188 e. The molecule has 0 saturated carbocycles. The van der Waals surface area contributed by atoms with Crippen molar-refractivity contribution in [2.24, 2.45) is 5.73 Å². The Hall–Kier alpha value is -1.52. The topological polar surface area (TPSA) is 62.8 Å². The zero-order valence-electron chi connectivity index (χ0n) is 5.44. The van der Waals surface area contributed by atoms with Gasteiger partial charge in [-0.15, -0.1) is 0 Å². The smallest absolute Gasteiger partial charge is 0.188 e. The van der Waals surface area contributed by atoms with Crippen molar-refractivity contribution in [3.8, 4) is 0 Å². The fraction of sp³-hybridized carbons (Fsp3) is 0. The Balaban J connectivity index is 3.27. The molecule has 0 saturated heterocycles. The van der Waals surface area contributed by atoms with Crippen LogP contribution in [0.15, 0.2) is 12.3 Å². The molecule has 0 bridgehead atoms. The Kier molecular flexibility index (Phi) is 1.80. The Morgan fingerprint density at radius 2 is 2.18 bits per heavy atom. The normalized spacial score (nSPS) is 9.64. The number of aromatic nitrogens is 1. The molecule has 0 radical (unpaired) electrons. The van der Waals surface area contributed by atoms with Gasteiger partial charge in [0.25, 0.3) is 0 Å². The molecule has 1 aromatic rings. The van der Waals surface area contributed by atoms with E-state index in [1.807, 2.05) is 0 Å². The average Bonchev–Trinajstić information content (AvgIpc) is 1.94. The maximum absolute atomic E-state index is 12.6. The van der Waals surface area contributed by atoms with Gasteiger partial charge in [-0.3, -0.25) is 5.41 Å². The van der Waals surface area contributed by atoms with Crippen LogP contribution in [0.4, 0.5) is 8.78 Å². The standard InChI is InChI=1S/C6H5F2N3/c7-3-1-2-11-5(4(3)8)6(9)10/h1-2H,(H3,9,10). The predicted octanol–water partition coefficient (Wildman–Crippen LogP) is 0.644. The summed E-state index contributed by atoms with van der Waals surface area (Å²) in [5, 5.41) is 6.78. The number of hydrogen-bond donors (Lipinski definition) is 2. The maximum atomic E-state index is 12.6. The van der Waals surface area contributed by atoms with Gasteiger partial charge in [-0.1, -0.05) is 0 Å². The summed E-state index contributed by atoms with van der Waals surface area (Å²) in [6, 6.07) is 0.863. The molecule has 0 aromatic carbocycles. The first-order chi connectivity index (χ1) is 5.13.